The Morgan fingerprint density at radius 1 is 1.27 bits per heavy atom. The van der Waals surface area contributed by atoms with Crippen LogP contribution in [-0.4, -0.2) is 5.60 Å². The standard InChI is InChI=1S/C12H14BrNO/c1-8-5-10(6-9(2)11(8)13)15-12(3,4)7-14/h5-6H,1-4H3. The average molecular weight is 268 g/mol. The van der Waals surface area contributed by atoms with E-state index in [2.05, 4.69) is 22.0 Å². The van der Waals surface area contributed by atoms with Gasteiger partial charge in [-0.2, -0.15) is 5.26 Å². The topological polar surface area (TPSA) is 33.0 Å². The van der Waals surface area contributed by atoms with E-state index in [1.807, 2.05) is 26.0 Å². The van der Waals surface area contributed by atoms with Gasteiger partial charge in [0.2, 0.25) is 0 Å². The lowest BCUT2D eigenvalue weighted by atomic mass is 10.1. The third kappa shape index (κ3) is 2.97. The van der Waals surface area contributed by atoms with Gasteiger partial charge in [-0.1, -0.05) is 15.9 Å². The zero-order chi connectivity index (χ0) is 11.6. The van der Waals surface area contributed by atoms with Gasteiger partial charge in [0.25, 0.3) is 0 Å². The number of benzene rings is 1. The molecule has 0 unspecified atom stereocenters. The van der Waals surface area contributed by atoms with Gasteiger partial charge < -0.3 is 4.74 Å². The number of hydrogen-bond donors (Lipinski definition) is 0. The lowest BCUT2D eigenvalue weighted by Crippen LogP contribution is -2.25. The Morgan fingerprint density at radius 3 is 2.13 bits per heavy atom. The molecule has 1 aromatic rings. The normalized spacial score (nSPS) is 10.9. The maximum atomic E-state index is 8.86. The fourth-order valence-corrected chi connectivity index (χ4v) is 1.51. The Morgan fingerprint density at radius 2 is 1.73 bits per heavy atom. The number of nitriles is 1. The highest BCUT2D eigenvalue weighted by atomic mass is 79.9. The highest BCUT2D eigenvalue weighted by Gasteiger charge is 2.18. The molecular weight excluding hydrogens is 254 g/mol. The molecule has 0 amide bonds. The van der Waals surface area contributed by atoms with Crippen molar-refractivity contribution in [1.82, 2.24) is 0 Å². The van der Waals surface area contributed by atoms with Crippen molar-refractivity contribution in [2.24, 2.45) is 0 Å². The lowest BCUT2D eigenvalue weighted by molar-refractivity contribution is 0.169. The quantitative estimate of drug-likeness (QED) is 0.818. The van der Waals surface area contributed by atoms with Crippen molar-refractivity contribution in [2.45, 2.75) is 33.3 Å². The molecule has 0 bridgehead atoms. The summed E-state index contributed by atoms with van der Waals surface area (Å²) in [5, 5.41) is 8.86. The van der Waals surface area contributed by atoms with Crippen LogP contribution in [0.25, 0.3) is 0 Å². The minimum absolute atomic E-state index is 0.736. The van der Waals surface area contributed by atoms with Gasteiger partial charge >= 0.3 is 0 Å². The first-order chi connectivity index (χ1) is 6.85. The Labute approximate surface area is 99.0 Å². The molecule has 0 N–H and O–H groups in total. The molecule has 0 fully saturated rings. The summed E-state index contributed by atoms with van der Waals surface area (Å²) in [7, 11) is 0. The Hall–Kier alpha value is -1.01. The van der Waals surface area contributed by atoms with Gasteiger partial charge in [-0.3, -0.25) is 0 Å². The van der Waals surface area contributed by atoms with Gasteiger partial charge in [-0.25, -0.2) is 0 Å². The second-order valence-electron chi connectivity index (χ2n) is 4.10. The maximum absolute atomic E-state index is 8.86. The molecule has 0 saturated heterocycles. The van der Waals surface area contributed by atoms with Crippen LogP contribution >= 0.6 is 15.9 Å². The van der Waals surface area contributed by atoms with Crippen LogP contribution in [0.5, 0.6) is 5.75 Å². The van der Waals surface area contributed by atoms with Gasteiger partial charge in [0, 0.05) is 4.47 Å². The van der Waals surface area contributed by atoms with E-state index in [9.17, 15) is 0 Å². The first-order valence-corrected chi connectivity index (χ1v) is 5.52. The minimum atomic E-state index is -0.785. The first kappa shape index (κ1) is 12.1. The fourth-order valence-electron chi connectivity index (χ4n) is 1.28. The summed E-state index contributed by atoms with van der Waals surface area (Å²) in [4.78, 5) is 0. The van der Waals surface area contributed by atoms with Crippen LogP contribution in [0.15, 0.2) is 16.6 Å². The smallest absolute Gasteiger partial charge is 0.188 e. The predicted octanol–water partition coefficient (Wildman–Crippen LogP) is 3.75. The van der Waals surface area contributed by atoms with Gasteiger partial charge in [0.05, 0.1) is 0 Å². The van der Waals surface area contributed by atoms with Gasteiger partial charge in [-0.15, -0.1) is 0 Å². The average Bonchev–Trinajstić information content (AvgIpc) is 2.13. The molecule has 0 atom stereocenters. The van der Waals surface area contributed by atoms with Crippen molar-refractivity contribution in [3.8, 4) is 11.8 Å². The summed E-state index contributed by atoms with van der Waals surface area (Å²) in [6.07, 6.45) is 0. The van der Waals surface area contributed by atoms with Crippen molar-refractivity contribution in [3.63, 3.8) is 0 Å². The third-order valence-electron chi connectivity index (χ3n) is 2.05. The Balaban J connectivity index is 3.04. The molecular formula is C12H14BrNO. The fraction of sp³-hybridized carbons (Fsp3) is 0.417. The van der Waals surface area contributed by atoms with E-state index in [4.69, 9.17) is 10.00 Å². The van der Waals surface area contributed by atoms with E-state index in [-0.39, 0.29) is 0 Å². The number of nitrogens with zero attached hydrogens (tertiary/aromatic N) is 1. The van der Waals surface area contributed by atoms with E-state index >= 15 is 0 Å². The molecule has 2 nitrogen and oxygen atoms in total. The van der Waals surface area contributed by atoms with Gasteiger partial charge in [0.15, 0.2) is 5.60 Å². The second kappa shape index (κ2) is 4.24. The number of aryl methyl sites for hydroxylation is 2. The first-order valence-electron chi connectivity index (χ1n) is 4.73. The molecule has 0 aliphatic carbocycles. The molecule has 1 rings (SSSR count). The highest BCUT2D eigenvalue weighted by molar-refractivity contribution is 9.10. The highest BCUT2D eigenvalue weighted by Crippen LogP contribution is 2.28. The SMILES string of the molecule is Cc1cc(OC(C)(C)C#N)cc(C)c1Br. The molecule has 0 aliphatic heterocycles. The van der Waals surface area contributed by atoms with Crippen LogP contribution in [-0.2, 0) is 0 Å². The van der Waals surface area contributed by atoms with Crippen molar-refractivity contribution in [3.05, 3.63) is 27.7 Å². The molecule has 3 heteroatoms. The Bertz CT molecular complexity index is 395. The van der Waals surface area contributed by atoms with Crippen molar-refractivity contribution >= 4 is 15.9 Å². The number of halogens is 1. The molecule has 0 heterocycles. The van der Waals surface area contributed by atoms with Gasteiger partial charge in [-0.05, 0) is 51.0 Å². The molecule has 0 saturated carbocycles. The summed E-state index contributed by atoms with van der Waals surface area (Å²) in [5.41, 5.74) is 1.43. The van der Waals surface area contributed by atoms with E-state index in [1.165, 1.54) is 0 Å². The molecule has 15 heavy (non-hydrogen) atoms. The van der Waals surface area contributed by atoms with Crippen LogP contribution in [0.1, 0.15) is 25.0 Å². The van der Waals surface area contributed by atoms with Crippen LogP contribution in [0, 0.1) is 25.2 Å². The van der Waals surface area contributed by atoms with Crippen molar-refractivity contribution in [1.29, 1.82) is 5.26 Å². The van der Waals surface area contributed by atoms with Crippen LogP contribution in [0.3, 0.4) is 0 Å². The molecule has 80 valence electrons. The second-order valence-corrected chi connectivity index (χ2v) is 4.89. The molecule has 0 aliphatic rings. The lowest BCUT2D eigenvalue weighted by Gasteiger charge is -2.19. The molecule has 0 radical (unpaired) electrons. The minimum Gasteiger partial charge on any atom is -0.473 e. The number of hydrogen-bond acceptors (Lipinski definition) is 2. The summed E-state index contributed by atoms with van der Waals surface area (Å²) >= 11 is 3.49. The Kier molecular flexibility index (Phi) is 3.41. The molecule has 0 aromatic heterocycles. The third-order valence-corrected chi connectivity index (χ3v) is 3.30. The van der Waals surface area contributed by atoms with Crippen LogP contribution in [0.4, 0.5) is 0 Å². The van der Waals surface area contributed by atoms with Crippen molar-refractivity contribution in [2.75, 3.05) is 0 Å². The summed E-state index contributed by atoms with van der Waals surface area (Å²) in [6.45, 7) is 7.51. The van der Waals surface area contributed by atoms with E-state index in [0.29, 0.717) is 0 Å². The zero-order valence-electron chi connectivity index (χ0n) is 9.39. The predicted molar refractivity (Wildman–Crippen MR) is 63.9 cm³/mol. The van der Waals surface area contributed by atoms with Crippen molar-refractivity contribution < 1.29 is 4.74 Å². The van der Waals surface area contributed by atoms with E-state index in [0.717, 1.165) is 21.3 Å². The molecule has 0 spiro atoms. The molecule has 1 aromatic carbocycles. The van der Waals surface area contributed by atoms with Gasteiger partial charge in [0.1, 0.15) is 11.8 Å². The summed E-state index contributed by atoms with van der Waals surface area (Å²) < 4.78 is 6.67. The maximum Gasteiger partial charge on any atom is 0.188 e. The van der Waals surface area contributed by atoms with E-state index < -0.39 is 5.60 Å². The van der Waals surface area contributed by atoms with Crippen LogP contribution in [0.2, 0.25) is 0 Å². The van der Waals surface area contributed by atoms with E-state index in [1.54, 1.807) is 13.8 Å². The largest absolute Gasteiger partial charge is 0.473 e. The monoisotopic (exact) mass is 267 g/mol. The van der Waals surface area contributed by atoms with Crippen LogP contribution < -0.4 is 4.74 Å². The number of rotatable bonds is 2. The number of ether oxygens (including phenoxy) is 1. The summed E-state index contributed by atoms with van der Waals surface area (Å²) in [6, 6.07) is 5.96. The summed E-state index contributed by atoms with van der Waals surface area (Å²) in [5.74, 6) is 0.736. The zero-order valence-corrected chi connectivity index (χ0v) is 11.0.